The Hall–Kier alpha value is -4.05. The highest BCUT2D eigenvalue weighted by Gasteiger charge is 2.19. The fourth-order valence-electron chi connectivity index (χ4n) is 3.21. The Morgan fingerprint density at radius 1 is 1.00 bits per heavy atom. The summed E-state index contributed by atoms with van der Waals surface area (Å²) < 4.78 is 26.1. The van der Waals surface area contributed by atoms with Crippen molar-refractivity contribution in [2.75, 3.05) is 10.6 Å². The van der Waals surface area contributed by atoms with Crippen molar-refractivity contribution in [3.63, 3.8) is 0 Å². The molecule has 0 aliphatic carbocycles. The van der Waals surface area contributed by atoms with Crippen LogP contribution in [0.4, 0.5) is 11.4 Å². The van der Waals surface area contributed by atoms with Crippen LogP contribution in [-0.2, 0) is 16.6 Å². The van der Waals surface area contributed by atoms with E-state index < -0.39 is 20.9 Å². The van der Waals surface area contributed by atoms with Gasteiger partial charge < -0.3 is 0 Å². The normalized spacial score (nSPS) is 11.7. The summed E-state index contributed by atoms with van der Waals surface area (Å²) in [7, 11) is -3.56. The van der Waals surface area contributed by atoms with Crippen LogP contribution < -0.4 is 9.73 Å². The summed E-state index contributed by atoms with van der Waals surface area (Å²) in [6.07, 6.45) is 1.14. The fraction of sp³-hybridized carbons (Fsp3) is 0.167. The second-order valence-corrected chi connectivity index (χ2v) is 9.59. The highest BCUT2D eigenvalue weighted by atomic mass is 32.2. The Kier molecular flexibility index (Phi) is 7.42. The first-order chi connectivity index (χ1) is 16.1. The smallest absolute Gasteiger partial charge is 0.267 e. The Morgan fingerprint density at radius 3 is 2.15 bits per heavy atom. The number of sulfonamides is 1. The van der Waals surface area contributed by atoms with Gasteiger partial charge in [-0.2, -0.15) is 5.10 Å². The Balaban J connectivity index is 1.74. The van der Waals surface area contributed by atoms with Crippen LogP contribution in [0.5, 0.6) is 0 Å². The summed E-state index contributed by atoms with van der Waals surface area (Å²) in [5.41, 5.74) is 6.11. The second kappa shape index (κ2) is 10.3. The maximum Gasteiger partial charge on any atom is 0.271 e. The average molecular weight is 481 g/mol. The number of carbonyl (C=O) groups excluding carboxylic acids is 1. The molecule has 176 valence electrons. The first-order valence-electron chi connectivity index (χ1n) is 10.3. The molecule has 1 amide bonds. The molecule has 0 radical (unpaired) electrons. The van der Waals surface area contributed by atoms with Crippen LogP contribution in [0.2, 0.25) is 0 Å². The van der Waals surface area contributed by atoms with Crippen LogP contribution in [0.1, 0.15) is 34.0 Å². The predicted molar refractivity (Wildman–Crippen MR) is 131 cm³/mol. The van der Waals surface area contributed by atoms with Crippen LogP contribution in [0, 0.1) is 17.0 Å². The fourth-order valence-corrected chi connectivity index (χ4v) is 4.09. The van der Waals surface area contributed by atoms with Gasteiger partial charge >= 0.3 is 0 Å². The lowest BCUT2D eigenvalue weighted by Gasteiger charge is -2.23. The molecular weight excluding hydrogens is 456 g/mol. The Bertz CT molecular complexity index is 1330. The first-order valence-corrected chi connectivity index (χ1v) is 12.1. The molecule has 3 aromatic rings. The number of hydrogen-bond donors (Lipinski definition) is 1. The number of rotatable bonds is 8. The molecule has 0 spiro atoms. The number of nitrogens with one attached hydrogen (secondary N) is 1. The summed E-state index contributed by atoms with van der Waals surface area (Å²) in [6.45, 7) is 3.76. The van der Waals surface area contributed by atoms with E-state index in [0.717, 1.165) is 17.4 Å². The van der Waals surface area contributed by atoms with E-state index >= 15 is 0 Å². The highest BCUT2D eigenvalue weighted by Crippen LogP contribution is 2.22. The molecule has 0 saturated carbocycles. The van der Waals surface area contributed by atoms with E-state index in [9.17, 15) is 23.3 Å². The van der Waals surface area contributed by atoms with Crippen molar-refractivity contribution in [3.8, 4) is 0 Å². The molecule has 0 fully saturated rings. The van der Waals surface area contributed by atoms with Gasteiger partial charge in [-0.1, -0.05) is 24.3 Å². The molecule has 0 bridgehead atoms. The minimum absolute atomic E-state index is 0.0359. The van der Waals surface area contributed by atoms with Gasteiger partial charge in [-0.15, -0.1) is 0 Å². The summed E-state index contributed by atoms with van der Waals surface area (Å²) >= 11 is 0. The third kappa shape index (κ3) is 6.04. The molecule has 34 heavy (non-hydrogen) atoms. The molecule has 0 atom stereocenters. The molecular formula is C24H24N4O5S. The third-order valence-corrected chi connectivity index (χ3v) is 6.35. The number of hydrazone groups is 1. The van der Waals surface area contributed by atoms with Crippen molar-refractivity contribution in [3.05, 3.63) is 105 Å². The number of carbonyl (C=O) groups is 1. The minimum atomic E-state index is -3.56. The Labute approximate surface area is 197 Å². The van der Waals surface area contributed by atoms with Crippen molar-refractivity contribution in [2.45, 2.75) is 20.4 Å². The van der Waals surface area contributed by atoms with Gasteiger partial charge in [0.15, 0.2) is 0 Å². The molecule has 0 aliphatic rings. The van der Waals surface area contributed by atoms with Crippen molar-refractivity contribution in [1.82, 2.24) is 5.43 Å². The molecule has 0 unspecified atom stereocenters. The molecule has 3 rings (SSSR count). The van der Waals surface area contributed by atoms with Gasteiger partial charge in [0.05, 0.1) is 29.1 Å². The molecule has 0 saturated heterocycles. The first kappa shape index (κ1) is 24.6. The van der Waals surface area contributed by atoms with E-state index in [1.54, 1.807) is 31.2 Å². The van der Waals surface area contributed by atoms with E-state index in [1.165, 1.54) is 28.6 Å². The van der Waals surface area contributed by atoms with Gasteiger partial charge in [-0.05, 0) is 66.9 Å². The highest BCUT2D eigenvalue weighted by molar-refractivity contribution is 7.92. The van der Waals surface area contributed by atoms with E-state index in [2.05, 4.69) is 10.5 Å². The van der Waals surface area contributed by atoms with E-state index in [0.29, 0.717) is 22.5 Å². The molecule has 9 nitrogen and oxygen atoms in total. The molecule has 10 heteroatoms. The topological polar surface area (TPSA) is 122 Å². The van der Waals surface area contributed by atoms with E-state index in [1.807, 2.05) is 31.2 Å². The molecule has 3 aromatic carbocycles. The Morgan fingerprint density at radius 2 is 1.59 bits per heavy atom. The summed E-state index contributed by atoms with van der Waals surface area (Å²) in [5.74, 6) is -0.474. The number of non-ortho nitro benzene ring substituents is 1. The van der Waals surface area contributed by atoms with Gasteiger partial charge in [0.25, 0.3) is 11.6 Å². The number of aryl methyl sites for hydroxylation is 1. The standard InChI is InChI=1S/C24H24N4O5S/c1-17-6-4-5-7-21(17)16-27(34(3,32)33)22-12-10-20(11-13-22)24(29)26-25-18(2)19-8-14-23(15-9-19)28(30)31/h4-15H,16H2,1-3H3,(H,26,29)/b25-18-. The van der Waals surface area contributed by atoms with E-state index in [-0.39, 0.29) is 12.2 Å². The number of amides is 1. The van der Waals surface area contributed by atoms with Gasteiger partial charge in [-0.25, -0.2) is 13.8 Å². The van der Waals surface area contributed by atoms with E-state index in [4.69, 9.17) is 0 Å². The van der Waals surface area contributed by atoms with Gasteiger partial charge in [-0.3, -0.25) is 19.2 Å². The van der Waals surface area contributed by atoms with Gasteiger partial charge in [0.2, 0.25) is 10.0 Å². The summed E-state index contributed by atoms with van der Waals surface area (Å²) in [6, 6.07) is 19.6. The number of anilines is 1. The second-order valence-electron chi connectivity index (χ2n) is 7.69. The zero-order valence-electron chi connectivity index (χ0n) is 18.9. The molecule has 0 heterocycles. The lowest BCUT2D eigenvalue weighted by Crippen LogP contribution is -2.29. The largest absolute Gasteiger partial charge is 0.271 e. The maximum absolute atomic E-state index is 12.5. The molecule has 0 aliphatic heterocycles. The number of nitro benzene ring substituents is 1. The maximum atomic E-state index is 12.5. The zero-order valence-corrected chi connectivity index (χ0v) is 19.7. The zero-order chi connectivity index (χ0) is 24.9. The van der Waals surface area contributed by atoms with Gasteiger partial charge in [0, 0.05) is 17.7 Å². The van der Waals surface area contributed by atoms with Crippen LogP contribution in [0.15, 0.2) is 77.9 Å². The monoisotopic (exact) mass is 480 g/mol. The average Bonchev–Trinajstić information content (AvgIpc) is 2.81. The van der Waals surface area contributed by atoms with Gasteiger partial charge in [0.1, 0.15) is 0 Å². The predicted octanol–water partition coefficient (Wildman–Crippen LogP) is 4.02. The van der Waals surface area contributed by atoms with Crippen molar-refractivity contribution >= 4 is 33.0 Å². The quantitative estimate of drug-likeness (QED) is 0.296. The van der Waals surface area contributed by atoms with Crippen molar-refractivity contribution < 1.29 is 18.1 Å². The summed E-state index contributed by atoms with van der Waals surface area (Å²) in [5, 5.41) is 14.8. The van der Waals surface area contributed by atoms with Crippen LogP contribution in [-0.4, -0.2) is 31.2 Å². The molecule has 1 N–H and O–H groups in total. The SMILES string of the molecule is C/C(=N/NC(=O)c1ccc(N(Cc2ccccc2C)S(C)(=O)=O)cc1)c1ccc([N+](=O)[O-])cc1. The van der Waals surface area contributed by atoms with Crippen molar-refractivity contribution in [2.24, 2.45) is 5.10 Å². The number of nitrogens with zero attached hydrogens (tertiary/aromatic N) is 3. The minimum Gasteiger partial charge on any atom is -0.267 e. The van der Waals surface area contributed by atoms with Crippen LogP contribution in [0.3, 0.4) is 0 Å². The summed E-state index contributed by atoms with van der Waals surface area (Å²) in [4.78, 5) is 22.8. The van der Waals surface area contributed by atoms with Crippen LogP contribution in [0.25, 0.3) is 0 Å². The lowest BCUT2D eigenvalue weighted by molar-refractivity contribution is -0.384. The number of nitro groups is 1. The lowest BCUT2D eigenvalue weighted by atomic mass is 10.1. The molecule has 0 aromatic heterocycles. The van der Waals surface area contributed by atoms with Crippen LogP contribution >= 0.6 is 0 Å². The number of benzene rings is 3. The number of hydrogen-bond acceptors (Lipinski definition) is 6. The van der Waals surface area contributed by atoms with Crippen molar-refractivity contribution in [1.29, 1.82) is 0 Å². The third-order valence-electron chi connectivity index (χ3n) is 5.21.